The first-order chi connectivity index (χ1) is 9.17. The highest BCUT2D eigenvalue weighted by Gasteiger charge is 2.08. The Bertz CT molecular complexity index is 379. The highest BCUT2D eigenvalue weighted by Crippen LogP contribution is 2.27. The molecule has 0 saturated carbocycles. The molecular formula is C13H20BrNO3S. The maximum absolute atomic E-state index is 9.41. The molecule has 0 amide bonds. The third-order valence-corrected chi connectivity index (χ3v) is 4.21. The van der Waals surface area contributed by atoms with Crippen LogP contribution in [0.1, 0.15) is 5.56 Å². The number of aliphatic hydroxyl groups is 2. The van der Waals surface area contributed by atoms with Crippen LogP contribution in [-0.2, 0) is 11.3 Å². The zero-order chi connectivity index (χ0) is 14.1. The Morgan fingerprint density at radius 1 is 1.47 bits per heavy atom. The molecule has 19 heavy (non-hydrogen) atoms. The normalized spacial score (nSPS) is 12.6. The second-order valence-corrected chi connectivity index (χ2v) is 6.05. The van der Waals surface area contributed by atoms with Crippen molar-refractivity contribution in [3.05, 3.63) is 28.2 Å². The lowest BCUT2D eigenvalue weighted by atomic mass is 10.2. The summed E-state index contributed by atoms with van der Waals surface area (Å²) in [6.45, 7) is 2.04. The minimum Gasteiger partial charge on any atom is -0.394 e. The fourth-order valence-electron chi connectivity index (χ4n) is 1.44. The van der Waals surface area contributed by atoms with Gasteiger partial charge in [0, 0.05) is 35.3 Å². The second-order valence-electron chi connectivity index (χ2n) is 4.07. The summed E-state index contributed by atoms with van der Waals surface area (Å²) in [5.74, 6) is 0.484. The fraction of sp³-hybridized carbons (Fsp3) is 0.538. The molecule has 4 nitrogen and oxygen atoms in total. The predicted molar refractivity (Wildman–Crippen MR) is 81.5 cm³/mol. The summed E-state index contributed by atoms with van der Waals surface area (Å²) >= 11 is 4.99. The smallest absolute Gasteiger partial charge is 0.0864 e. The molecule has 6 heteroatoms. The Labute approximate surface area is 126 Å². The van der Waals surface area contributed by atoms with E-state index in [0.717, 1.165) is 22.5 Å². The summed E-state index contributed by atoms with van der Waals surface area (Å²) in [6, 6.07) is 6.08. The Morgan fingerprint density at radius 3 is 2.95 bits per heavy atom. The van der Waals surface area contributed by atoms with Crippen LogP contribution in [0.4, 0.5) is 0 Å². The molecule has 1 unspecified atom stereocenters. The van der Waals surface area contributed by atoms with E-state index in [4.69, 9.17) is 9.84 Å². The molecule has 0 bridgehead atoms. The number of halogens is 1. The molecule has 1 atom stereocenters. The van der Waals surface area contributed by atoms with E-state index in [-0.39, 0.29) is 6.61 Å². The molecule has 0 heterocycles. The Balaban J connectivity index is 2.58. The lowest BCUT2D eigenvalue weighted by Gasteiger charge is -2.12. The highest BCUT2D eigenvalue weighted by atomic mass is 79.9. The monoisotopic (exact) mass is 349 g/mol. The number of methoxy groups -OCH3 is 1. The Morgan fingerprint density at radius 2 is 2.26 bits per heavy atom. The van der Waals surface area contributed by atoms with Crippen molar-refractivity contribution >= 4 is 27.7 Å². The van der Waals surface area contributed by atoms with Gasteiger partial charge in [-0.25, -0.2) is 0 Å². The molecule has 0 radical (unpaired) electrons. The average Bonchev–Trinajstić information content (AvgIpc) is 2.42. The summed E-state index contributed by atoms with van der Waals surface area (Å²) in [6.07, 6.45) is -0.682. The van der Waals surface area contributed by atoms with Crippen molar-refractivity contribution in [2.75, 3.05) is 32.6 Å². The van der Waals surface area contributed by atoms with E-state index < -0.39 is 6.10 Å². The van der Waals surface area contributed by atoms with Crippen LogP contribution in [0.3, 0.4) is 0 Å². The average molecular weight is 350 g/mol. The molecule has 0 spiro atoms. The van der Waals surface area contributed by atoms with Gasteiger partial charge < -0.3 is 20.3 Å². The number of benzene rings is 1. The topological polar surface area (TPSA) is 61.7 Å². The van der Waals surface area contributed by atoms with E-state index in [1.54, 1.807) is 18.9 Å². The summed E-state index contributed by atoms with van der Waals surface area (Å²) in [5, 5.41) is 21.5. The number of ether oxygens (including phenoxy) is 1. The van der Waals surface area contributed by atoms with Gasteiger partial charge in [0.25, 0.3) is 0 Å². The van der Waals surface area contributed by atoms with Crippen molar-refractivity contribution in [1.82, 2.24) is 5.32 Å². The zero-order valence-electron chi connectivity index (χ0n) is 10.9. The van der Waals surface area contributed by atoms with Gasteiger partial charge in [-0.1, -0.05) is 22.0 Å². The second kappa shape index (κ2) is 9.74. The molecule has 0 aliphatic rings. The summed E-state index contributed by atoms with van der Waals surface area (Å²) < 4.78 is 6.00. The van der Waals surface area contributed by atoms with Crippen LogP contribution >= 0.6 is 27.7 Å². The maximum Gasteiger partial charge on any atom is 0.0864 e. The van der Waals surface area contributed by atoms with Gasteiger partial charge in [-0.2, -0.15) is 0 Å². The minimum atomic E-state index is -0.682. The van der Waals surface area contributed by atoms with Crippen molar-refractivity contribution in [3.63, 3.8) is 0 Å². The van der Waals surface area contributed by atoms with Gasteiger partial charge in [0.2, 0.25) is 0 Å². The third-order valence-electron chi connectivity index (χ3n) is 2.47. The molecule has 1 aromatic rings. The van der Waals surface area contributed by atoms with Crippen LogP contribution in [0.2, 0.25) is 0 Å². The van der Waals surface area contributed by atoms with E-state index in [0.29, 0.717) is 12.4 Å². The largest absolute Gasteiger partial charge is 0.394 e. The van der Waals surface area contributed by atoms with E-state index >= 15 is 0 Å². The molecule has 0 aliphatic heterocycles. The minimum absolute atomic E-state index is 0.206. The van der Waals surface area contributed by atoms with Crippen molar-refractivity contribution < 1.29 is 14.9 Å². The van der Waals surface area contributed by atoms with E-state index in [9.17, 15) is 5.11 Å². The van der Waals surface area contributed by atoms with Crippen LogP contribution in [0.5, 0.6) is 0 Å². The van der Waals surface area contributed by atoms with Gasteiger partial charge in [-0.15, -0.1) is 11.8 Å². The summed E-state index contributed by atoms with van der Waals surface area (Å²) in [4.78, 5) is 1.10. The molecule has 3 N–H and O–H groups in total. The van der Waals surface area contributed by atoms with Crippen molar-refractivity contribution in [2.45, 2.75) is 17.5 Å². The standard InChI is InChI=1S/C13H20BrNO3S/c1-18-5-4-15-7-10-2-3-11(14)6-13(10)19-9-12(17)8-16/h2-3,6,12,15-17H,4-5,7-9H2,1H3. The van der Waals surface area contributed by atoms with Crippen molar-refractivity contribution in [2.24, 2.45) is 0 Å². The van der Waals surface area contributed by atoms with Crippen molar-refractivity contribution in [3.8, 4) is 0 Å². The van der Waals surface area contributed by atoms with Crippen LogP contribution in [0.25, 0.3) is 0 Å². The third kappa shape index (κ3) is 6.74. The molecule has 0 aliphatic carbocycles. The predicted octanol–water partition coefficient (Wildman–Crippen LogP) is 1.63. The number of nitrogens with one attached hydrogen (secondary N) is 1. The summed E-state index contributed by atoms with van der Waals surface area (Å²) in [7, 11) is 1.68. The number of hydrogen-bond acceptors (Lipinski definition) is 5. The maximum atomic E-state index is 9.41. The first-order valence-corrected chi connectivity index (χ1v) is 7.85. The lowest BCUT2D eigenvalue weighted by Crippen LogP contribution is -2.19. The molecule has 108 valence electrons. The molecule has 0 aromatic heterocycles. The van der Waals surface area contributed by atoms with Crippen LogP contribution < -0.4 is 5.32 Å². The molecule has 1 aromatic carbocycles. The van der Waals surface area contributed by atoms with E-state index in [1.807, 2.05) is 12.1 Å². The highest BCUT2D eigenvalue weighted by molar-refractivity contribution is 9.10. The number of rotatable bonds is 9. The van der Waals surface area contributed by atoms with Crippen LogP contribution in [0, 0.1) is 0 Å². The first-order valence-electron chi connectivity index (χ1n) is 6.07. The van der Waals surface area contributed by atoms with Crippen LogP contribution in [0.15, 0.2) is 27.6 Å². The van der Waals surface area contributed by atoms with E-state index in [1.165, 1.54) is 5.56 Å². The van der Waals surface area contributed by atoms with Gasteiger partial charge in [0.1, 0.15) is 0 Å². The lowest BCUT2D eigenvalue weighted by molar-refractivity contribution is 0.113. The summed E-state index contributed by atoms with van der Waals surface area (Å²) in [5.41, 5.74) is 1.18. The Hall–Kier alpha value is -0.110. The molecular weight excluding hydrogens is 330 g/mol. The first kappa shape index (κ1) is 16.9. The quantitative estimate of drug-likeness (QED) is 0.467. The van der Waals surface area contributed by atoms with Crippen LogP contribution in [-0.4, -0.2) is 48.9 Å². The molecule has 0 saturated heterocycles. The molecule has 1 rings (SSSR count). The number of aliphatic hydroxyl groups excluding tert-OH is 2. The van der Waals surface area contributed by atoms with E-state index in [2.05, 4.69) is 27.3 Å². The number of thioether (sulfide) groups is 1. The number of hydrogen-bond donors (Lipinski definition) is 3. The SMILES string of the molecule is COCCNCc1ccc(Br)cc1SCC(O)CO. The van der Waals surface area contributed by atoms with Gasteiger partial charge in [-0.05, 0) is 17.7 Å². The zero-order valence-corrected chi connectivity index (χ0v) is 13.3. The Kier molecular flexibility index (Phi) is 8.69. The van der Waals surface area contributed by atoms with Gasteiger partial charge in [-0.3, -0.25) is 0 Å². The molecule has 0 fully saturated rings. The van der Waals surface area contributed by atoms with Gasteiger partial charge in [0.05, 0.1) is 19.3 Å². The van der Waals surface area contributed by atoms with Gasteiger partial charge in [0.15, 0.2) is 0 Å². The van der Waals surface area contributed by atoms with Gasteiger partial charge >= 0.3 is 0 Å². The van der Waals surface area contributed by atoms with Crippen molar-refractivity contribution in [1.29, 1.82) is 0 Å². The fourth-order valence-corrected chi connectivity index (χ4v) is 2.97.